The Bertz CT molecular complexity index is 1190. The zero-order valence-corrected chi connectivity index (χ0v) is 15.4. The van der Waals surface area contributed by atoms with E-state index >= 15 is 0 Å². The Kier molecular flexibility index (Phi) is 3.89. The van der Waals surface area contributed by atoms with Crippen molar-refractivity contribution < 1.29 is 8.42 Å². The van der Waals surface area contributed by atoms with Crippen LogP contribution in [0, 0.1) is 13.8 Å². The van der Waals surface area contributed by atoms with Crippen molar-refractivity contribution in [3.63, 3.8) is 0 Å². The summed E-state index contributed by atoms with van der Waals surface area (Å²) in [5.74, 6) is 0. The number of sulfone groups is 1. The summed E-state index contributed by atoms with van der Waals surface area (Å²) in [5.41, 5.74) is 3.84. The van der Waals surface area contributed by atoms with E-state index < -0.39 is 9.84 Å². The summed E-state index contributed by atoms with van der Waals surface area (Å²) in [6.07, 6.45) is 1.75. The standard InChI is InChI=1S/C21H18N2O2S/c1-15-10-12-18(13-11-15)26(24,25)21-19(17-8-4-3-5-9-17)22-20-16(2)7-6-14-23(20)21/h3-14H,1-2H3. The molecular formula is C21H18N2O2S. The number of imidazole rings is 1. The van der Waals surface area contributed by atoms with Gasteiger partial charge in [0.15, 0.2) is 5.03 Å². The second-order valence-electron chi connectivity index (χ2n) is 6.33. The second-order valence-corrected chi connectivity index (χ2v) is 8.20. The Balaban J connectivity index is 2.08. The molecule has 0 aliphatic rings. The Morgan fingerprint density at radius 1 is 0.846 bits per heavy atom. The molecule has 0 radical (unpaired) electrons. The minimum Gasteiger partial charge on any atom is -0.289 e. The fourth-order valence-corrected chi connectivity index (χ4v) is 4.59. The van der Waals surface area contributed by atoms with Gasteiger partial charge in [0.05, 0.1) is 4.90 Å². The lowest BCUT2D eigenvalue weighted by molar-refractivity contribution is 0.591. The topological polar surface area (TPSA) is 51.4 Å². The number of rotatable bonds is 3. The average Bonchev–Trinajstić information content (AvgIpc) is 3.05. The molecule has 4 rings (SSSR count). The van der Waals surface area contributed by atoms with Gasteiger partial charge in [0, 0.05) is 11.8 Å². The van der Waals surface area contributed by atoms with Gasteiger partial charge >= 0.3 is 0 Å². The van der Waals surface area contributed by atoms with Crippen molar-refractivity contribution in [2.45, 2.75) is 23.8 Å². The zero-order valence-electron chi connectivity index (χ0n) is 14.5. The molecule has 0 unspecified atom stereocenters. The van der Waals surface area contributed by atoms with Gasteiger partial charge in [-0.15, -0.1) is 0 Å². The molecule has 2 aromatic heterocycles. The first kappa shape index (κ1) is 16.5. The van der Waals surface area contributed by atoms with Crippen molar-refractivity contribution in [2.24, 2.45) is 0 Å². The molecule has 0 saturated carbocycles. The maximum atomic E-state index is 13.5. The van der Waals surface area contributed by atoms with Crippen molar-refractivity contribution in [1.29, 1.82) is 0 Å². The molecule has 0 spiro atoms. The summed E-state index contributed by atoms with van der Waals surface area (Å²) < 4.78 is 28.6. The van der Waals surface area contributed by atoms with E-state index in [0.29, 0.717) is 11.3 Å². The predicted molar refractivity (Wildman–Crippen MR) is 102 cm³/mol. The molecule has 5 heteroatoms. The van der Waals surface area contributed by atoms with Crippen molar-refractivity contribution in [1.82, 2.24) is 9.38 Å². The number of aromatic nitrogens is 2. The molecular weight excluding hydrogens is 344 g/mol. The van der Waals surface area contributed by atoms with Gasteiger partial charge < -0.3 is 0 Å². The summed E-state index contributed by atoms with van der Waals surface area (Å²) in [6, 6.07) is 20.1. The maximum Gasteiger partial charge on any atom is 0.224 e. The lowest BCUT2D eigenvalue weighted by Crippen LogP contribution is -2.07. The largest absolute Gasteiger partial charge is 0.289 e. The quantitative estimate of drug-likeness (QED) is 0.541. The molecule has 0 fully saturated rings. The molecule has 2 heterocycles. The SMILES string of the molecule is Cc1ccc(S(=O)(=O)c2c(-c3ccccc3)nc3c(C)cccn23)cc1. The van der Waals surface area contributed by atoms with Crippen LogP contribution in [0.5, 0.6) is 0 Å². The smallest absolute Gasteiger partial charge is 0.224 e. The van der Waals surface area contributed by atoms with Crippen molar-refractivity contribution in [3.05, 3.63) is 84.1 Å². The Labute approximate surface area is 152 Å². The number of pyridine rings is 1. The van der Waals surface area contributed by atoms with Crippen molar-refractivity contribution >= 4 is 15.5 Å². The van der Waals surface area contributed by atoms with E-state index in [1.54, 1.807) is 22.7 Å². The molecule has 0 aliphatic carbocycles. The van der Waals surface area contributed by atoms with Crippen LogP contribution in [0.3, 0.4) is 0 Å². The van der Waals surface area contributed by atoms with Crippen LogP contribution < -0.4 is 0 Å². The van der Waals surface area contributed by atoms with Crippen LogP contribution >= 0.6 is 0 Å². The number of hydrogen-bond acceptors (Lipinski definition) is 3. The van der Waals surface area contributed by atoms with E-state index in [2.05, 4.69) is 4.98 Å². The van der Waals surface area contributed by atoms with E-state index in [4.69, 9.17) is 0 Å². The van der Waals surface area contributed by atoms with Gasteiger partial charge in [-0.3, -0.25) is 4.40 Å². The van der Waals surface area contributed by atoms with E-state index in [1.807, 2.05) is 68.4 Å². The zero-order chi connectivity index (χ0) is 18.3. The fourth-order valence-electron chi connectivity index (χ4n) is 3.05. The van der Waals surface area contributed by atoms with E-state index in [0.717, 1.165) is 16.7 Å². The molecule has 0 aliphatic heterocycles. The summed E-state index contributed by atoms with van der Waals surface area (Å²) in [7, 11) is -3.73. The monoisotopic (exact) mass is 362 g/mol. The minimum atomic E-state index is -3.73. The van der Waals surface area contributed by atoms with Gasteiger partial charge in [0.25, 0.3) is 0 Å². The summed E-state index contributed by atoms with van der Waals surface area (Å²) in [5, 5.41) is 0.200. The predicted octanol–water partition coefficient (Wildman–Crippen LogP) is 4.45. The molecule has 0 atom stereocenters. The third-order valence-electron chi connectivity index (χ3n) is 4.43. The van der Waals surface area contributed by atoms with Crippen molar-refractivity contribution in [3.8, 4) is 11.3 Å². The first-order valence-electron chi connectivity index (χ1n) is 8.33. The van der Waals surface area contributed by atoms with Crippen LogP contribution in [-0.4, -0.2) is 17.8 Å². The van der Waals surface area contributed by atoms with Gasteiger partial charge in [-0.1, -0.05) is 54.1 Å². The lowest BCUT2D eigenvalue weighted by atomic mass is 10.2. The second kappa shape index (κ2) is 6.11. The first-order valence-corrected chi connectivity index (χ1v) is 9.81. The molecule has 0 saturated heterocycles. The van der Waals surface area contributed by atoms with Crippen LogP contribution in [0.1, 0.15) is 11.1 Å². The van der Waals surface area contributed by atoms with Gasteiger partial charge in [-0.05, 0) is 37.6 Å². The lowest BCUT2D eigenvalue weighted by Gasteiger charge is -2.08. The third kappa shape index (κ3) is 2.61. The average molecular weight is 362 g/mol. The Hall–Kier alpha value is -2.92. The van der Waals surface area contributed by atoms with Crippen LogP contribution in [0.15, 0.2) is 82.8 Å². The maximum absolute atomic E-state index is 13.5. The third-order valence-corrected chi connectivity index (χ3v) is 6.23. The number of hydrogen-bond donors (Lipinski definition) is 0. The summed E-state index contributed by atoms with van der Waals surface area (Å²) in [6.45, 7) is 3.86. The molecule has 26 heavy (non-hydrogen) atoms. The van der Waals surface area contributed by atoms with Crippen LogP contribution in [0.25, 0.3) is 16.9 Å². The highest BCUT2D eigenvalue weighted by atomic mass is 32.2. The highest BCUT2D eigenvalue weighted by Crippen LogP contribution is 2.32. The van der Waals surface area contributed by atoms with E-state index in [1.165, 1.54) is 0 Å². The molecule has 0 N–H and O–H groups in total. The van der Waals surface area contributed by atoms with Crippen LogP contribution in [-0.2, 0) is 9.84 Å². The van der Waals surface area contributed by atoms with Crippen LogP contribution in [0.4, 0.5) is 0 Å². The number of fused-ring (bicyclic) bond motifs is 1. The Morgan fingerprint density at radius 3 is 2.23 bits per heavy atom. The molecule has 4 nitrogen and oxygen atoms in total. The highest BCUT2D eigenvalue weighted by Gasteiger charge is 2.28. The van der Waals surface area contributed by atoms with Crippen LogP contribution in [0.2, 0.25) is 0 Å². The molecule has 0 amide bonds. The molecule has 4 aromatic rings. The molecule has 130 valence electrons. The van der Waals surface area contributed by atoms with E-state index in [-0.39, 0.29) is 9.92 Å². The van der Waals surface area contributed by atoms with Crippen molar-refractivity contribution in [2.75, 3.05) is 0 Å². The molecule has 2 aromatic carbocycles. The normalized spacial score (nSPS) is 11.8. The number of benzene rings is 2. The van der Waals surface area contributed by atoms with Gasteiger partial charge in [0.1, 0.15) is 11.3 Å². The minimum absolute atomic E-state index is 0.200. The number of aryl methyl sites for hydroxylation is 2. The first-order chi connectivity index (χ1) is 12.5. The molecule has 0 bridgehead atoms. The highest BCUT2D eigenvalue weighted by molar-refractivity contribution is 7.91. The summed E-state index contributed by atoms with van der Waals surface area (Å²) >= 11 is 0. The van der Waals surface area contributed by atoms with Gasteiger partial charge in [0.2, 0.25) is 9.84 Å². The van der Waals surface area contributed by atoms with E-state index in [9.17, 15) is 8.42 Å². The summed E-state index contributed by atoms with van der Waals surface area (Å²) in [4.78, 5) is 4.94. The fraction of sp³-hybridized carbons (Fsp3) is 0.0952. The number of nitrogens with zero attached hydrogens (tertiary/aromatic N) is 2. The van der Waals surface area contributed by atoms with Gasteiger partial charge in [-0.2, -0.15) is 0 Å². The Morgan fingerprint density at radius 2 is 1.54 bits per heavy atom. The van der Waals surface area contributed by atoms with Gasteiger partial charge in [-0.25, -0.2) is 13.4 Å².